The molecule has 0 saturated heterocycles. The van der Waals surface area contributed by atoms with Crippen LogP contribution in [0.15, 0.2) is 58.0 Å². The Labute approximate surface area is 156 Å². The van der Waals surface area contributed by atoms with Crippen LogP contribution in [-0.2, 0) is 0 Å². The third kappa shape index (κ3) is 3.24. The fourth-order valence-electron chi connectivity index (χ4n) is 2.36. The molecule has 4 aromatic rings. The molecule has 0 aliphatic rings. The molecule has 0 atom stereocenters. The average Bonchev–Trinajstić information content (AvgIpc) is 3.37. The Morgan fingerprint density at radius 1 is 1.15 bits per heavy atom. The molecule has 26 heavy (non-hydrogen) atoms. The van der Waals surface area contributed by atoms with Gasteiger partial charge in [-0.1, -0.05) is 23.5 Å². The largest absolute Gasteiger partial charge is 0.475 e. The molecule has 130 valence electrons. The van der Waals surface area contributed by atoms with Gasteiger partial charge in [0.1, 0.15) is 5.76 Å². The Morgan fingerprint density at radius 2 is 2.00 bits per heavy atom. The molecular formula is C18H13N3O3S2. The Balaban J connectivity index is 1.52. The molecule has 3 aromatic heterocycles. The third-order valence-corrected chi connectivity index (χ3v) is 5.79. The number of nitrogens with one attached hydrogen (secondary N) is 1. The molecule has 2 N–H and O–H groups in total. The van der Waals surface area contributed by atoms with Crippen LogP contribution in [0.1, 0.15) is 22.4 Å². The smallest absolute Gasteiger partial charge is 0.371 e. The van der Waals surface area contributed by atoms with E-state index < -0.39 is 5.97 Å². The summed E-state index contributed by atoms with van der Waals surface area (Å²) in [7, 11) is 0. The zero-order chi connectivity index (χ0) is 18.1. The summed E-state index contributed by atoms with van der Waals surface area (Å²) in [6.45, 7) is 1.90. The number of para-hydroxylation sites is 1. The molecular weight excluding hydrogens is 370 g/mol. The second-order valence-electron chi connectivity index (χ2n) is 5.43. The highest BCUT2D eigenvalue weighted by molar-refractivity contribution is 7.22. The van der Waals surface area contributed by atoms with Crippen molar-refractivity contribution < 1.29 is 14.3 Å². The van der Waals surface area contributed by atoms with Crippen molar-refractivity contribution in [2.45, 2.75) is 6.92 Å². The number of thiophene rings is 1. The van der Waals surface area contributed by atoms with Crippen molar-refractivity contribution in [1.29, 1.82) is 0 Å². The molecule has 6 nitrogen and oxygen atoms in total. The summed E-state index contributed by atoms with van der Waals surface area (Å²) < 4.78 is 6.44. The Morgan fingerprint density at radius 3 is 2.77 bits per heavy atom. The predicted molar refractivity (Wildman–Crippen MR) is 104 cm³/mol. The molecule has 8 heteroatoms. The maximum atomic E-state index is 10.9. The molecule has 1 aromatic carbocycles. The normalized spacial score (nSPS) is 11.8. The Hall–Kier alpha value is -2.97. The van der Waals surface area contributed by atoms with Crippen molar-refractivity contribution in [2.75, 3.05) is 5.43 Å². The lowest BCUT2D eigenvalue weighted by Gasteiger charge is -1.97. The van der Waals surface area contributed by atoms with Crippen LogP contribution in [-0.4, -0.2) is 21.8 Å². The summed E-state index contributed by atoms with van der Waals surface area (Å²) in [5.41, 5.74) is 4.75. The van der Waals surface area contributed by atoms with E-state index in [4.69, 9.17) is 9.52 Å². The van der Waals surface area contributed by atoms with E-state index in [1.165, 1.54) is 17.4 Å². The molecule has 4 rings (SSSR count). The van der Waals surface area contributed by atoms with Gasteiger partial charge in [0.15, 0.2) is 0 Å². The summed E-state index contributed by atoms with van der Waals surface area (Å²) in [5.74, 6) is -0.616. The minimum atomic E-state index is -1.08. The first-order valence-corrected chi connectivity index (χ1v) is 9.33. The Kier molecular flexibility index (Phi) is 4.27. The van der Waals surface area contributed by atoms with Crippen molar-refractivity contribution >= 4 is 49.7 Å². The lowest BCUT2D eigenvalue weighted by Crippen LogP contribution is -1.96. The number of hydrogen-bond donors (Lipinski definition) is 2. The summed E-state index contributed by atoms with van der Waals surface area (Å²) in [6.07, 6.45) is 0. The van der Waals surface area contributed by atoms with E-state index in [1.54, 1.807) is 17.4 Å². The number of carbonyl (C=O) groups is 1. The lowest BCUT2D eigenvalue weighted by atomic mass is 10.3. The minimum Gasteiger partial charge on any atom is -0.475 e. The van der Waals surface area contributed by atoms with Crippen LogP contribution >= 0.6 is 22.7 Å². The van der Waals surface area contributed by atoms with Crippen molar-refractivity contribution in [3.8, 4) is 10.6 Å². The third-order valence-electron chi connectivity index (χ3n) is 3.64. The van der Waals surface area contributed by atoms with Gasteiger partial charge in [0.25, 0.3) is 0 Å². The van der Waals surface area contributed by atoms with E-state index >= 15 is 0 Å². The van der Waals surface area contributed by atoms with Gasteiger partial charge in [0.05, 0.1) is 25.7 Å². The molecule has 0 aliphatic carbocycles. The molecule has 0 spiro atoms. The van der Waals surface area contributed by atoms with Crippen LogP contribution in [0.25, 0.3) is 20.9 Å². The van der Waals surface area contributed by atoms with E-state index in [9.17, 15) is 4.79 Å². The van der Waals surface area contributed by atoms with Crippen LogP contribution in [0.3, 0.4) is 0 Å². The average molecular weight is 383 g/mol. The first-order valence-electron chi connectivity index (χ1n) is 7.70. The van der Waals surface area contributed by atoms with Crippen LogP contribution in [0, 0.1) is 0 Å². The molecule has 0 aliphatic heterocycles. The van der Waals surface area contributed by atoms with Gasteiger partial charge in [-0.3, -0.25) is 5.43 Å². The second kappa shape index (κ2) is 6.74. The van der Waals surface area contributed by atoms with Crippen LogP contribution < -0.4 is 5.43 Å². The van der Waals surface area contributed by atoms with Gasteiger partial charge in [-0.25, -0.2) is 9.78 Å². The van der Waals surface area contributed by atoms with Crippen LogP contribution in [0.2, 0.25) is 0 Å². The number of benzene rings is 1. The minimum absolute atomic E-state index is 0.0714. The van der Waals surface area contributed by atoms with E-state index in [-0.39, 0.29) is 5.76 Å². The zero-order valence-corrected chi connectivity index (χ0v) is 15.2. The highest BCUT2D eigenvalue weighted by Gasteiger charge is 2.13. The maximum absolute atomic E-state index is 10.9. The van der Waals surface area contributed by atoms with Crippen LogP contribution in [0.4, 0.5) is 5.13 Å². The summed E-state index contributed by atoms with van der Waals surface area (Å²) in [6, 6.07) is 14.9. The molecule has 0 fully saturated rings. The predicted octanol–water partition coefficient (Wildman–Crippen LogP) is 5.15. The SMILES string of the molecule is CC(=NNc1nc2ccccc2s1)c1ccc(-c2ccc(C(=O)O)o2)s1. The molecule has 0 saturated carbocycles. The molecule has 0 amide bonds. The number of furan rings is 1. The van der Waals surface area contributed by atoms with Crippen LogP contribution in [0.5, 0.6) is 0 Å². The van der Waals surface area contributed by atoms with Crippen molar-refractivity contribution in [3.05, 3.63) is 59.2 Å². The number of hydrogen-bond acceptors (Lipinski definition) is 7. The first kappa shape index (κ1) is 16.5. The quantitative estimate of drug-likeness (QED) is 0.367. The molecule has 0 unspecified atom stereocenters. The number of thiazole rings is 1. The second-order valence-corrected chi connectivity index (χ2v) is 7.54. The summed E-state index contributed by atoms with van der Waals surface area (Å²) in [4.78, 5) is 17.2. The number of carboxylic acid groups (broad SMARTS) is 1. The van der Waals surface area contributed by atoms with Gasteiger partial charge in [-0.15, -0.1) is 11.3 Å². The van der Waals surface area contributed by atoms with E-state index in [2.05, 4.69) is 15.5 Å². The standard InChI is InChI=1S/C18H13N3O3S2/c1-10(20-21-18-19-11-4-2-3-5-15(11)26-18)14-8-9-16(25-14)12-6-7-13(24-12)17(22)23/h2-9H,1H3,(H,19,21)(H,22,23). The lowest BCUT2D eigenvalue weighted by molar-refractivity contribution is 0.0663. The van der Waals surface area contributed by atoms with Gasteiger partial charge >= 0.3 is 5.97 Å². The first-order chi connectivity index (χ1) is 12.6. The number of nitrogens with zero attached hydrogens (tertiary/aromatic N) is 2. The monoisotopic (exact) mass is 383 g/mol. The van der Waals surface area contributed by atoms with E-state index in [1.807, 2.05) is 43.3 Å². The maximum Gasteiger partial charge on any atom is 0.371 e. The fraction of sp³-hybridized carbons (Fsp3) is 0.0556. The number of aromatic nitrogens is 1. The van der Waals surface area contributed by atoms with Gasteiger partial charge in [-0.05, 0) is 43.3 Å². The van der Waals surface area contributed by atoms with Gasteiger partial charge in [0, 0.05) is 0 Å². The van der Waals surface area contributed by atoms with Gasteiger partial charge in [-0.2, -0.15) is 5.10 Å². The topological polar surface area (TPSA) is 87.7 Å². The van der Waals surface area contributed by atoms with Gasteiger partial charge < -0.3 is 9.52 Å². The highest BCUT2D eigenvalue weighted by Crippen LogP contribution is 2.30. The molecule has 0 radical (unpaired) electrons. The Bertz CT molecular complexity index is 1090. The summed E-state index contributed by atoms with van der Waals surface area (Å²) in [5, 5.41) is 14.1. The van der Waals surface area contributed by atoms with E-state index in [0.29, 0.717) is 5.76 Å². The number of hydrazone groups is 1. The number of anilines is 1. The number of fused-ring (bicyclic) bond motifs is 1. The molecule has 0 bridgehead atoms. The van der Waals surface area contributed by atoms with Crippen molar-refractivity contribution in [1.82, 2.24) is 4.98 Å². The van der Waals surface area contributed by atoms with Crippen molar-refractivity contribution in [3.63, 3.8) is 0 Å². The fourth-order valence-corrected chi connectivity index (χ4v) is 4.08. The number of aromatic carboxylic acids is 1. The number of rotatable bonds is 5. The zero-order valence-electron chi connectivity index (χ0n) is 13.6. The highest BCUT2D eigenvalue weighted by atomic mass is 32.1. The van der Waals surface area contributed by atoms with Gasteiger partial charge in [0.2, 0.25) is 10.9 Å². The number of carboxylic acids is 1. The van der Waals surface area contributed by atoms with Crippen molar-refractivity contribution in [2.24, 2.45) is 5.10 Å². The molecule has 3 heterocycles. The summed E-state index contributed by atoms with van der Waals surface area (Å²) >= 11 is 3.03. The van der Waals surface area contributed by atoms with E-state index in [0.717, 1.165) is 30.8 Å².